The summed E-state index contributed by atoms with van der Waals surface area (Å²) in [5.41, 5.74) is 1.33. The molecule has 24 heteroatoms. The van der Waals surface area contributed by atoms with Crippen LogP contribution in [0.5, 0.6) is 0 Å². The van der Waals surface area contributed by atoms with Crippen molar-refractivity contribution in [3.8, 4) is 0 Å². The molecule has 0 aliphatic rings. The zero-order valence-corrected chi connectivity index (χ0v) is 43.4. The Hall–Kier alpha value is 0.410. The summed E-state index contributed by atoms with van der Waals surface area (Å²) in [6.45, 7) is -4.19. The molecule has 0 aliphatic heterocycles. The van der Waals surface area contributed by atoms with Gasteiger partial charge < -0.3 is 70.0 Å². The Bertz CT molecular complexity index is 1460. The van der Waals surface area contributed by atoms with Crippen LogP contribution in [0.15, 0.2) is 48.5 Å². The molecule has 2 rings (SSSR count). The molecule has 0 radical (unpaired) electrons. The van der Waals surface area contributed by atoms with Gasteiger partial charge in [0.1, 0.15) is 0 Å². The molecule has 2 aromatic rings. The molecule has 260 valence electrons. The zero-order chi connectivity index (χ0) is 35.8. The number of hydrogen-bond donors (Lipinski definition) is 2. The number of carbonyl (C=O) groups is 7. The molecule has 0 heterocycles. The number of carbonyl (C=O) groups excluding carboxylic acids is 7. The molecule has 2 amide bonds. The normalized spacial score (nSPS) is 10.4. The molecule has 0 bridgehead atoms. The van der Waals surface area contributed by atoms with Crippen molar-refractivity contribution in [1.29, 1.82) is 0 Å². The smallest absolute Gasteiger partial charge is 0.549 e. The Kier molecular flexibility index (Phi) is 40.4. The summed E-state index contributed by atoms with van der Waals surface area (Å²) in [6, 6.07) is 9.43. The largest absolute Gasteiger partial charge is 1.00 e. The first-order valence-electron chi connectivity index (χ1n) is 14.3. The minimum Gasteiger partial charge on any atom is -0.549 e. The first-order chi connectivity index (χ1) is 22.6. The van der Waals surface area contributed by atoms with E-state index in [2.05, 4.69) is 10.6 Å². The van der Waals surface area contributed by atoms with Gasteiger partial charge >= 0.3 is 183 Å². The number of carboxylic acid groups (broad SMARTS) is 6. The molecular weight excluding hydrogens is 776 g/mol. The van der Waals surface area contributed by atoms with E-state index in [-0.39, 0.29) is 222 Å². The van der Waals surface area contributed by atoms with E-state index in [0.29, 0.717) is 16.8 Å². The predicted octanol–water partition coefficient (Wildman–Crippen LogP) is -26.0. The molecule has 18 nitrogen and oxygen atoms in total. The van der Waals surface area contributed by atoms with Crippen LogP contribution in [0.25, 0.3) is 0 Å². The third kappa shape index (κ3) is 27.2. The second-order valence-corrected chi connectivity index (χ2v) is 10.5. The van der Waals surface area contributed by atoms with Crippen LogP contribution in [0, 0.1) is 0 Å². The van der Waals surface area contributed by atoms with Crippen molar-refractivity contribution in [1.82, 2.24) is 20.0 Å². The van der Waals surface area contributed by atoms with E-state index in [9.17, 15) is 64.2 Å². The van der Waals surface area contributed by atoms with E-state index in [1.807, 2.05) is 0 Å². The Morgan fingerprint density at radius 1 is 0.537 bits per heavy atom. The molecule has 1 unspecified atom stereocenters. The number of aromatic carboxylic acids is 1. The number of urea groups is 1. The van der Waals surface area contributed by atoms with Gasteiger partial charge in [0.05, 0.1) is 41.9 Å². The number of aliphatic carboxylic acids is 5. The fourth-order valence-electron chi connectivity index (χ4n) is 4.52. The van der Waals surface area contributed by atoms with E-state index >= 15 is 0 Å². The van der Waals surface area contributed by atoms with Crippen molar-refractivity contribution in [2.75, 3.05) is 57.7 Å². The number of amides is 2. The molecule has 0 saturated heterocycles. The number of rotatable bonds is 22. The number of anilines is 1. The summed E-state index contributed by atoms with van der Waals surface area (Å²) >= 11 is 0. The van der Waals surface area contributed by atoms with Gasteiger partial charge in [-0.1, -0.05) is 36.4 Å². The molecule has 1 atom stereocenters. The van der Waals surface area contributed by atoms with Gasteiger partial charge in [0.25, 0.3) is 0 Å². The van der Waals surface area contributed by atoms with Crippen molar-refractivity contribution in [3.63, 3.8) is 0 Å². The van der Waals surface area contributed by atoms with Gasteiger partial charge in [0, 0.05) is 64.6 Å². The summed E-state index contributed by atoms with van der Waals surface area (Å²) < 4.78 is 0. The SMILES string of the molecule is O=C([O-])CN(CCN(CC(=O)[O-])CC(=O)[O-])CCN(CC(=O)[O-])C(Cc1ccc(NC(=O)NCc2ccc(C(=O)[O-])cc2)cc1)C(=O)[O-].[Na+].[Na+].[Na+].[Na+].[Na+].[Na+]. The Labute approximate surface area is 444 Å². The van der Waals surface area contributed by atoms with E-state index in [0.717, 1.165) is 9.80 Å². The van der Waals surface area contributed by atoms with E-state index < -0.39 is 74.1 Å². The molecule has 0 saturated carbocycles. The van der Waals surface area contributed by atoms with Gasteiger partial charge in [-0.15, -0.1) is 0 Å². The average Bonchev–Trinajstić information content (AvgIpc) is 2.99. The average molecular weight is 808 g/mol. The fourth-order valence-corrected chi connectivity index (χ4v) is 4.52. The molecule has 0 aliphatic carbocycles. The van der Waals surface area contributed by atoms with Crippen LogP contribution in [0.1, 0.15) is 21.5 Å². The Morgan fingerprint density at radius 2 is 0.963 bits per heavy atom. The second kappa shape index (κ2) is 34.3. The number of hydrogen-bond acceptors (Lipinski definition) is 16. The molecule has 54 heavy (non-hydrogen) atoms. The van der Waals surface area contributed by atoms with Crippen LogP contribution in [-0.4, -0.2) is 115 Å². The van der Waals surface area contributed by atoms with Crippen molar-refractivity contribution < 1.29 is 242 Å². The summed E-state index contributed by atoms with van der Waals surface area (Å²) in [5, 5.41) is 72.8. The van der Waals surface area contributed by atoms with Crippen LogP contribution >= 0.6 is 0 Å². The molecule has 2 aromatic carbocycles. The van der Waals surface area contributed by atoms with Crippen LogP contribution in [-0.2, 0) is 36.9 Å². The zero-order valence-electron chi connectivity index (χ0n) is 31.4. The van der Waals surface area contributed by atoms with Crippen molar-refractivity contribution in [2.45, 2.75) is 19.0 Å². The monoisotopic (exact) mass is 807 g/mol. The van der Waals surface area contributed by atoms with Crippen molar-refractivity contribution in [2.24, 2.45) is 0 Å². The molecule has 0 spiro atoms. The van der Waals surface area contributed by atoms with Gasteiger partial charge in [-0.25, -0.2) is 4.79 Å². The Morgan fingerprint density at radius 3 is 1.41 bits per heavy atom. The van der Waals surface area contributed by atoms with Gasteiger partial charge in [0.2, 0.25) is 0 Å². The molecule has 0 aromatic heterocycles. The number of nitrogens with zero attached hydrogens (tertiary/aromatic N) is 3. The first-order valence-corrected chi connectivity index (χ1v) is 14.3. The molecule has 0 fully saturated rings. The summed E-state index contributed by atoms with van der Waals surface area (Å²) in [6.07, 6.45) is -0.268. The van der Waals surface area contributed by atoms with Gasteiger partial charge in [-0.05, 0) is 35.2 Å². The quantitative estimate of drug-likeness (QED) is 0.104. The maximum absolute atomic E-state index is 12.3. The van der Waals surface area contributed by atoms with Crippen LogP contribution in [0.4, 0.5) is 10.5 Å². The maximum atomic E-state index is 12.3. The predicted molar refractivity (Wildman–Crippen MR) is 150 cm³/mol. The summed E-state index contributed by atoms with van der Waals surface area (Å²) in [4.78, 5) is 83.0. The van der Waals surface area contributed by atoms with Crippen LogP contribution in [0.3, 0.4) is 0 Å². The minimum absolute atomic E-state index is 0. The number of carboxylic acids is 6. The summed E-state index contributed by atoms with van der Waals surface area (Å²) in [7, 11) is 0. The standard InChI is InChI=1S/C30H37N5O13.6Na/c36-24(37)15-33(9-10-34(16-25(38)39)17-26(40)41)11-12-35(18-27(42)43)23(29(46)47)13-19-3-7-22(8-4-19)32-30(48)31-14-20-1-5-21(6-2-20)28(44)45;;;;;;/h1-8,23H,9-18H2,(H,36,37)(H,38,39)(H,40,41)(H,42,43)(H,44,45)(H,46,47)(H2,31,32,48);;;;;;/q;6*+1/p-6. The van der Waals surface area contributed by atoms with E-state index in [1.54, 1.807) is 0 Å². The van der Waals surface area contributed by atoms with E-state index in [4.69, 9.17) is 0 Å². The number of nitrogens with one attached hydrogen (secondary N) is 2. The molecule has 2 N–H and O–H groups in total. The van der Waals surface area contributed by atoms with Crippen molar-refractivity contribution >= 4 is 47.5 Å². The van der Waals surface area contributed by atoms with Gasteiger partial charge in [-0.2, -0.15) is 0 Å². The van der Waals surface area contributed by atoms with Gasteiger partial charge in [-0.3, -0.25) is 14.7 Å². The van der Waals surface area contributed by atoms with Crippen molar-refractivity contribution in [3.05, 3.63) is 65.2 Å². The third-order valence-electron chi connectivity index (χ3n) is 6.82. The number of benzene rings is 2. The van der Waals surface area contributed by atoms with Crippen LogP contribution < -0.4 is 219 Å². The third-order valence-corrected chi connectivity index (χ3v) is 6.82. The fraction of sp³-hybridized carbons (Fsp3) is 0.367. The van der Waals surface area contributed by atoms with Gasteiger partial charge in [0.15, 0.2) is 0 Å². The Balaban J connectivity index is -0.00000133. The summed E-state index contributed by atoms with van der Waals surface area (Å²) in [5.74, 6) is -9.36. The second-order valence-electron chi connectivity index (χ2n) is 10.5. The minimum atomic E-state index is -1.65. The first kappa shape index (κ1) is 63.6. The molecular formula is C30H31N5Na6O13. The van der Waals surface area contributed by atoms with E-state index in [1.165, 1.54) is 53.4 Å². The topological polar surface area (TPSA) is 292 Å². The maximum Gasteiger partial charge on any atom is 1.00 e. The van der Waals surface area contributed by atoms with Crippen LogP contribution in [0.2, 0.25) is 0 Å².